The molecule has 1 fully saturated rings. The zero-order valence-electron chi connectivity index (χ0n) is 12.0. The van der Waals surface area contributed by atoms with Crippen LogP contribution < -0.4 is 0 Å². The molecule has 0 aromatic carbocycles. The second kappa shape index (κ2) is 6.91. The van der Waals surface area contributed by atoms with Crippen LogP contribution in [-0.4, -0.2) is 18.4 Å². The van der Waals surface area contributed by atoms with E-state index in [1.54, 1.807) is 20.8 Å². The van der Waals surface area contributed by atoms with Gasteiger partial charge < -0.3 is 4.74 Å². The molecule has 0 heterocycles. The SMILES string of the molecule is CCOC(=O)C(C)(C)C(=O)C1CCCCCCC1. The van der Waals surface area contributed by atoms with Gasteiger partial charge in [0.05, 0.1) is 6.61 Å². The zero-order valence-corrected chi connectivity index (χ0v) is 12.0. The predicted molar refractivity (Wildman–Crippen MR) is 71.2 cm³/mol. The lowest BCUT2D eigenvalue weighted by Gasteiger charge is -2.27. The fourth-order valence-corrected chi connectivity index (χ4v) is 2.64. The first-order chi connectivity index (χ1) is 8.50. The lowest BCUT2D eigenvalue weighted by molar-refractivity contribution is -0.159. The second-order valence-electron chi connectivity index (χ2n) is 5.75. The maximum atomic E-state index is 12.5. The highest BCUT2D eigenvalue weighted by Crippen LogP contribution is 2.31. The van der Waals surface area contributed by atoms with E-state index in [1.807, 2.05) is 0 Å². The fraction of sp³-hybridized carbons (Fsp3) is 0.867. The van der Waals surface area contributed by atoms with Crippen LogP contribution in [0.25, 0.3) is 0 Å². The Balaban J connectivity index is 2.67. The molecule has 3 nitrogen and oxygen atoms in total. The first-order valence-corrected chi connectivity index (χ1v) is 7.21. The molecule has 0 N–H and O–H groups in total. The van der Waals surface area contributed by atoms with Crippen molar-refractivity contribution in [2.45, 2.75) is 65.7 Å². The number of hydrogen-bond donors (Lipinski definition) is 0. The number of rotatable bonds is 4. The van der Waals surface area contributed by atoms with Crippen molar-refractivity contribution in [3.8, 4) is 0 Å². The monoisotopic (exact) mass is 254 g/mol. The van der Waals surface area contributed by atoms with Crippen LogP contribution in [0.2, 0.25) is 0 Å². The van der Waals surface area contributed by atoms with E-state index in [1.165, 1.54) is 19.3 Å². The summed E-state index contributed by atoms with van der Waals surface area (Å²) in [6, 6.07) is 0. The van der Waals surface area contributed by atoms with Crippen molar-refractivity contribution < 1.29 is 14.3 Å². The summed E-state index contributed by atoms with van der Waals surface area (Å²) in [7, 11) is 0. The maximum absolute atomic E-state index is 12.5. The maximum Gasteiger partial charge on any atom is 0.319 e. The molecule has 18 heavy (non-hydrogen) atoms. The quantitative estimate of drug-likeness (QED) is 0.569. The van der Waals surface area contributed by atoms with Crippen LogP contribution in [0.5, 0.6) is 0 Å². The van der Waals surface area contributed by atoms with Gasteiger partial charge in [-0.25, -0.2) is 0 Å². The number of carbonyl (C=O) groups excluding carboxylic acids is 2. The third-order valence-corrected chi connectivity index (χ3v) is 3.88. The van der Waals surface area contributed by atoms with Crippen LogP contribution in [-0.2, 0) is 14.3 Å². The molecule has 1 aliphatic carbocycles. The summed E-state index contributed by atoms with van der Waals surface area (Å²) in [4.78, 5) is 24.4. The molecule has 3 heteroatoms. The molecule has 1 rings (SSSR count). The van der Waals surface area contributed by atoms with Gasteiger partial charge in [0.2, 0.25) is 0 Å². The van der Waals surface area contributed by atoms with Crippen molar-refractivity contribution in [3.63, 3.8) is 0 Å². The summed E-state index contributed by atoms with van der Waals surface area (Å²) in [5.41, 5.74) is -0.986. The topological polar surface area (TPSA) is 43.4 Å². The number of esters is 1. The molecular weight excluding hydrogens is 228 g/mol. The van der Waals surface area contributed by atoms with E-state index < -0.39 is 5.41 Å². The Labute approximate surface area is 110 Å². The first kappa shape index (κ1) is 15.2. The Kier molecular flexibility index (Phi) is 5.83. The summed E-state index contributed by atoms with van der Waals surface area (Å²) in [5.74, 6) is -0.260. The van der Waals surface area contributed by atoms with Crippen LogP contribution in [0.1, 0.15) is 65.7 Å². The van der Waals surface area contributed by atoms with Gasteiger partial charge >= 0.3 is 5.97 Å². The van der Waals surface area contributed by atoms with Gasteiger partial charge in [-0.3, -0.25) is 9.59 Å². The van der Waals surface area contributed by atoms with Gasteiger partial charge in [-0.1, -0.05) is 32.1 Å². The van der Waals surface area contributed by atoms with E-state index in [2.05, 4.69) is 0 Å². The largest absolute Gasteiger partial charge is 0.465 e. The Morgan fingerprint density at radius 3 is 2.06 bits per heavy atom. The van der Waals surface area contributed by atoms with E-state index in [4.69, 9.17) is 4.74 Å². The van der Waals surface area contributed by atoms with Gasteiger partial charge in [-0.2, -0.15) is 0 Å². The van der Waals surface area contributed by atoms with E-state index in [0.717, 1.165) is 25.7 Å². The molecule has 0 radical (unpaired) electrons. The summed E-state index contributed by atoms with van der Waals surface area (Å²) in [5, 5.41) is 0. The van der Waals surface area contributed by atoms with Gasteiger partial charge in [0, 0.05) is 5.92 Å². The number of ketones is 1. The molecule has 1 saturated carbocycles. The highest BCUT2D eigenvalue weighted by molar-refractivity contribution is 6.04. The van der Waals surface area contributed by atoms with Gasteiger partial charge in [0.25, 0.3) is 0 Å². The van der Waals surface area contributed by atoms with Gasteiger partial charge in [-0.15, -0.1) is 0 Å². The average Bonchev–Trinajstić information content (AvgIpc) is 2.28. The summed E-state index contributed by atoms with van der Waals surface area (Å²) in [6.45, 7) is 5.51. The molecule has 1 aliphatic rings. The van der Waals surface area contributed by atoms with Crippen molar-refractivity contribution in [2.75, 3.05) is 6.61 Å². The molecule has 0 spiro atoms. The number of Topliss-reactive ketones (excluding diaryl/α,β-unsaturated/α-hetero) is 1. The number of ether oxygens (including phenoxy) is 1. The highest BCUT2D eigenvalue weighted by Gasteiger charge is 2.40. The third kappa shape index (κ3) is 3.82. The van der Waals surface area contributed by atoms with E-state index in [0.29, 0.717) is 6.61 Å². The summed E-state index contributed by atoms with van der Waals surface area (Å²) >= 11 is 0. The van der Waals surface area contributed by atoms with Gasteiger partial charge in [0.15, 0.2) is 5.78 Å². The fourth-order valence-electron chi connectivity index (χ4n) is 2.64. The van der Waals surface area contributed by atoms with Crippen molar-refractivity contribution >= 4 is 11.8 Å². The molecule has 0 aromatic rings. The van der Waals surface area contributed by atoms with Crippen molar-refractivity contribution in [1.29, 1.82) is 0 Å². The van der Waals surface area contributed by atoms with E-state index in [-0.39, 0.29) is 17.7 Å². The van der Waals surface area contributed by atoms with Crippen molar-refractivity contribution in [2.24, 2.45) is 11.3 Å². The van der Waals surface area contributed by atoms with Crippen molar-refractivity contribution in [3.05, 3.63) is 0 Å². The summed E-state index contributed by atoms with van der Waals surface area (Å²) in [6.07, 6.45) is 7.78. The second-order valence-corrected chi connectivity index (χ2v) is 5.75. The predicted octanol–water partition coefficient (Wildman–Crippen LogP) is 3.51. The van der Waals surface area contributed by atoms with Crippen LogP contribution in [0, 0.1) is 11.3 Å². The standard InChI is InChI=1S/C15H26O3/c1-4-18-14(17)15(2,3)13(16)12-10-8-6-5-7-9-11-12/h12H,4-11H2,1-3H3. The molecule has 0 saturated heterocycles. The molecule has 0 unspecified atom stereocenters. The van der Waals surface area contributed by atoms with Crippen molar-refractivity contribution in [1.82, 2.24) is 0 Å². The van der Waals surface area contributed by atoms with Gasteiger partial charge in [0.1, 0.15) is 5.41 Å². The lowest BCUT2D eigenvalue weighted by Crippen LogP contribution is -2.39. The summed E-state index contributed by atoms with van der Waals surface area (Å²) < 4.78 is 5.01. The molecule has 0 aromatic heterocycles. The number of hydrogen-bond acceptors (Lipinski definition) is 3. The zero-order chi connectivity index (χ0) is 13.6. The minimum Gasteiger partial charge on any atom is -0.465 e. The molecule has 104 valence electrons. The highest BCUT2D eigenvalue weighted by atomic mass is 16.5. The molecule has 0 bridgehead atoms. The lowest BCUT2D eigenvalue weighted by atomic mass is 9.76. The first-order valence-electron chi connectivity index (χ1n) is 7.21. The Morgan fingerprint density at radius 1 is 1.06 bits per heavy atom. The molecule has 0 amide bonds. The molecule has 0 atom stereocenters. The Bertz CT molecular complexity index is 286. The van der Waals surface area contributed by atoms with E-state index >= 15 is 0 Å². The Morgan fingerprint density at radius 2 is 1.56 bits per heavy atom. The van der Waals surface area contributed by atoms with E-state index in [9.17, 15) is 9.59 Å². The molecular formula is C15H26O3. The Hall–Kier alpha value is -0.860. The number of carbonyl (C=O) groups is 2. The average molecular weight is 254 g/mol. The smallest absolute Gasteiger partial charge is 0.319 e. The van der Waals surface area contributed by atoms with Crippen LogP contribution >= 0.6 is 0 Å². The van der Waals surface area contributed by atoms with Gasteiger partial charge in [-0.05, 0) is 33.6 Å². The minimum absolute atomic E-state index is 0.0460. The third-order valence-electron chi connectivity index (χ3n) is 3.88. The minimum atomic E-state index is -0.986. The molecule has 0 aliphatic heterocycles. The van der Waals surface area contributed by atoms with Crippen LogP contribution in [0.3, 0.4) is 0 Å². The normalized spacial score (nSPS) is 18.8. The van der Waals surface area contributed by atoms with Crippen LogP contribution in [0.4, 0.5) is 0 Å². The van der Waals surface area contributed by atoms with Crippen LogP contribution in [0.15, 0.2) is 0 Å².